The molecule has 1 aliphatic heterocycles. The van der Waals surface area contributed by atoms with Crippen LogP contribution in [0, 0.1) is 5.82 Å². The van der Waals surface area contributed by atoms with Crippen LogP contribution in [0.15, 0.2) is 55.4 Å². The smallest absolute Gasteiger partial charge is 0.253 e. The van der Waals surface area contributed by atoms with Gasteiger partial charge in [0.15, 0.2) is 5.82 Å². The third-order valence-electron chi connectivity index (χ3n) is 6.58. The number of hydrazine groups is 1. The third-order valence-corrected chi connectivity index (χ3v) is 6.58. The molecule has 3 aromatic rings. The maximum Gasteiger partial charge on any atom is 0.253 e. The lowest BCUT2D eigenvalue weighted by Gasteiger charge is -2.39. The Morgan fingerprint density at radius 3 is 2.40 bits per heavy atom. The fourth-order valence-corrected chi connectivity index (χ4v) is 4.59. The number of nitrogens with zero attached hydrogens (tertiary/aromatic N) is 5. The lowest BCUT2D eigenvalue weighted by molar-refractivity contribution is 0.0827. The molecule has 1 fully saturated rings. The lowest BCUT2D eigenvalue weighted by Crippen LogP contribution is -2.45. The second-order valence-electron chi connectivity index (χ2n) is 8.96. The number of nitrogens with two attached hydrogens (primary N) is 1. The minimum atomic E-state index is -0.431. The molecule has 1 aromatic carbocycles. The van der Waals surface area contributed by atoms with Gasteiger partial charge in [0.05, 0.1) is 0 Å². The summed E-state index contributed by atoms with van der Waals surface area (Å²) in [5.41, 5.74) is 9.35. The molecule has 0 saturated carbocycles. The zero-order valence-electron chi connectivity index (χ0n) is 20.4. The zero-order chi connectivity index (χ0) is 25.1. The van der Waals surface area contributed by atoms with Gasteiger partial charge >= 0.3 is 0 Å². The molecule has 2 aromatic heterocycles. The van der Waals surface area contributed by atoms with Gasteiger partial charge in [-0.1, -0.05) is 24.8 Å². The van der Waals surface area contributed by atoms with Crippen LogP contribution in [0.5, 0.6) is 0 Å². The van der Waals surface area contributed by atoms with Crippen molar-refractivity contribution in [2.75, 3.05) is 45.0 Å². The van der Waals surface area contributed by atoms with E-state index in [0.717, 1.165) is 31.5 Å². The summed E-state index contributed by atoms with van der Waals surface area (Å²) in [5, 5.41) is 4.27. The molecule has 2 N–H and O–H groups in total. The summed E-state index contributed by atoms with van der Waals surface area (Å²) in [6.45, 7) is 5.65. The highest BCUT2D eigenvalue weighted by molar-refractivity contribution is 5.93. The summed E-state index contributed by atoms with van der Waals surface area (Å²) in [7, 11) is 5.49. The Labute approximate surface area is 205 Å². The normalized spacial score (nSPS) is 14.5. The van der Waals surface area contributed by atoms with E-state index >= 15 is 0 Å². The number of amides is 1. The molecule has 182 valence electrons. The predicted octanol–water partition coefficient (Wildman–Crippen LogP) is 4.44. The highest BCUT2D eigenvalue weighted by Gasteiger charge is 2.26. The van der Waals surface area contributed by atoms with E-state index in [9.17, 15) is 9.18 Å². The first-order valence-corrected chi connectivity index (χ1v) is 11.6. The average molecular weight is 475 g/mol. The molecule has 35 heavy (non-hydrogen) atoms. The molecule has 1 saturated heterocycles. The van der Waals surface area contributed by atoms with Gasteiger partial charge in [-0.3, -0.25) is 9.80 Å². The van der Waals surface area contributed by atoms with Crippen LogP contribution in [0.4, 0.5) is 16.0 Å². The van der Waals surface area contributed by atoms with Gasteiger partial charge in [-0.25, -0.2) is 19.4 Å². The number of piperidine rings is 1. The molecular formula is C27H31FN6O. The summed E-state index contributed by atoms with van der Waals surface area (Å²) in [6.07, 6.45) is 6.77. The van der Waals surface area contributed by atoms with E-state index in [2.05, 4.69) is 33.7 Å². The zero-order valence-corrected chi connectivity index (χ0v) is 20.4. The second kappa shape index (κ2) is 10.2. The number of hydrogen-bond acceptors (Lipinski definition) is 6. The van der Waals surface area contributed by atoms with Crippen LogP contribution < -0.4 is 10.7 Å². The molecular weight excluding hydrogens is 443 g/mol. The van der Waals surface area contributed by atoms with Crippen LogP contribution >= 0.6 is 0 Å². The Bertz CT molecular complexity index is 1220. The first kappa shape index (κ1) is 24.3. The van der Waals surface area contributed by atoms with Gasteiger partial charge in [-0.2, -0.15) is 0 Å². The lowest BCUT2D eigenvalue weighted by atomic mass is 9.89. The summed E-state index contributed by atoms with van der Waals surface area (Å²) in [6, 6.07) is 10.9. The minimum Gasteiger partial charge on any atom is -0.384 e. The van der Waals surface area contributed by atoms with E-state index in [-0.39, 0.29) is 11.7 Å². The number of rotatable bonds is 6. The van der Waals surface area contributed by atoms with Crippen molar-refractivity contribution in [1.29, 1.82) is 0 Å². The number of benzene rings is 1. The predicted molar refractivity (Wildman–Crippen MR) is 138 cm³/mol. The number of carbonyl (C=O) groups excluding carboxylic acids is 1. The van der Waals surface area contributed by atoms with Gasteiger partial charge in [-0.05, 0) is 48.1 Å². The molecule has 0 spiro atoms. The van der Waals surface area contributed by atoms with Crippen LogP contribution in [0.1, 0.15) is 40.2 Å². The van der Waals surface area contributed by atoms with Crippen molar-refractivity contribution in [2.45, 2.75) is 18.8 Å². The quantitative estimate of drug-likeness (QED) is 0.569. The third kappa shape index (κ3) is 5.02. The van der Waals surface area contributed by atoms with E-state index in [4.69, 9.17) is 5.73 Å². The Balaban J connectivity index is 1.49. The van der Waals surface area contributed by atoms with Crippen LogP contribution in [0.25, 0.3) is 17.2 Å². The topological polar surface area (TPSA) is 78.6 Å². The van der Waals surface area contributed by atoms with Crippen molar-refractivity contribution in [1.82, 2.24) is 19.9 Å². The maximum absolute atomic E-state index is 14.6. The fourth-order valence-electron chi connectivity index (χ4n) is 4.59. The van der Waals surface area contributed by atoms with E-state index in [0.29, 0.717) is 28.4 Å². The fraction of sp³-hybridized carbons (Fsp3) is 0.296. The van der Waals surface area contributed by atoms with Gasteiger partial charge in [0, 0.05) is 69.4 Å². The number of hydrogen-bond donors (Lipinski definition) is 1. The first-order valence-electron chi connectivity index (χ1n) is 11.6. The summed E-state index contributed by atoms with van der Waals surface area (Å²) < 4.78 is 14.6. The minimum absolute atomic E-state index is 0.00961. The number of halogens is 1. The molecule has 7 nitrogen and oxygen atoms in total. The van der Waals surface area contributed by atoms with Gasteiger partial charge in [0.2, 0.25) is 0 Å². The highest BCUT2D eigenvalue weighted by Crippen LogP contribution is 2.34. The van der Waals surface area contributed by atoms with Crippen molar-refractivity contribution in [3.8, 4) is 11.1 Å². The number of anilines is 2. The first-order chi connectivity index (χ1) is 16.8. The van der Waals surface area contributed by atoms with Crippen molar-refractivity contribution in [3.05, 3.63) is 77.9 Å². The monoisotopic (exact) mass is 474 g/mol. The second-order valence-corrected chi connectivity index (χ2v) is 8.96. The summed E-state index contributed by atoms with van der Waals surface area (Å²) in [5.74, 6) is 0.851. The molecule has 8 heteroatoms. The molecule has 1 aliphatic rings. The summed E-state index contributed by atoms with van der Waals surface area (Å²) in [4.78, 5) is 22.4. The molecule has 1 amide bonds. The molecule has 4 rings (SSSR count). The van der Waals surface area contributed by atoms with E-state index in [1.165, 1.54) is 17.8 Å². The molecule has 0 atom stereocenters. The molecule has 0 radical (unpaired) electrons. The molecule has 0 unspecified atom stereocenters. The van der Waals surface area contributed by atoms with Gasteiger partial charge < -0.3 is 10.6 Å². The van der Waals surface area contributed by atoms with Gasteiger partial charge in [0.25, 0.3) is 5.91 Å². The van der Waals surface area contributed by atoms with Crippen LogP contribution in [-0.2, 0) is 0 Å². The van der Waals surface area contributed by atoms with Crippen molar-refractivity contribution in [3.63, 3.8) is 0 Å². The van der Waals surface area contributed by atoms with Gasteiger partial charge in [-0.15, -0.1) is 0 Å². The highest BCUT2D eigenvalue weighted by atomic mass is 19.1. The Morgan fingerprint density at radius 2 is 1.80 bits per heavy atom. The van der Waals surface area contributed by atoms with Crippen molar-refractivity contribution >= 4 is 23.6 Å². The molecule has 3 heterocycles. The van der Waals surface area contributed by atoms with Gasteiger partial charge in [0.1, 0.15) is 11.6 Å². The Morgan fingerprint density at radius 1 is 1.11 bits per heavy atom. The Hall–Kier alpha value is -3.78. The van der Waals surface area contributed by atoms with Crippen LogP contribution in [0.3, 0.4) is 0 Å². The van der Waals surface area contributed by atoms with E-state index in [1.807, 2.05) is 24.2 Å². The van der Waals surface area contributed by atoms with E-state index in [1.54, 1.807) is 37.3 Å². The van der Waals surface area contributed by atoms with Crippen molar-refractivity contribution < 1.29 is 9.18 Å². The SMILES string of the molecule is C=Cc1c(-c2cnc(N)cc2F)ccnc1N(C)N1CCC(c2ccc(C(=O)N(C)C)cc2)CC1. The van der Waals surface area contributed by atoms with Crippen molar-refractivity contribution in [2.24, 2.45) is 0 Å². The van der Waals surface area contributed by atoms with E-state index < -0.39 is 5.82 Å². The summed E-state index contributed by atoms with van der Waals surface area (Å²) >= 11 is 0. The maximum atomic E-state index is 14.6. The van der Waals surface area contributed by atoms with Crippen LogP contribution in [0.2, 0.25) is 0 Å². The molecule has 0 aliphatic carbocycles. The number of carbonyl (C=O) groups is 1. The van der Waals surface area contributed by atoms with Crippen LogP contribution in [-0.4, -0.2) is 60.0 Å². The largest absolute Gasteiger partial charge is 0.384 e. The Kier molecular flexibility index (Phi) is 7.12. The number of nitrogen functional groups attached to an aromatic ring is 1. The average Bonchev–Trinajstić information content (AvgIpc) is 2.87. The number of aromatic nitrogens is 2. The molecule has 0 bridgehead atoms. The standard InChI is InChI=1S/C27H31FN6O/c1-5-21-22(23-17-31-25(29)16-24(23)28)10-13-30-26(21)33(4)34-14-11-19(12-15-34)18-6-8-20(9-7-18)27(35)32(2)3/h5-10,13,16-17,19H,1,11-12,14-15H2,2-4H3,(H2,29,31). The number of pyridine rings is 2.